The summed E-state index contributed by atoms with van der Waals surface area (Å²) in [6, 6.07) is 26.0. The van der Waals surface area contributed by atoms with E-state index in [1.54, 1.807) is 0 Å². The summed E-state index contributed by atoms with van der Waals surface area (Å²) in [6.45, 7) is 0. The Labute approximate surface area is 156 Å². The summed E-state index contributed by atoms with van der Waals surface area (Å²) in [5.74, 6) is 0. The van der Waals surface area contributed by atoms with Crippen LogP contribution in [0.3, 0.4) is 0 Å². The molecule has 0 saturated carbocycles. The van der Waals surface area contributed by atoms with Crippen LogP contribution < -0.4 is 51.4 Å². The summed E-state index contributed by atoms with van der Waals surface area (Å²) < 4.78 is 0. The normalized spacial score (nSPS) is 10.7. The van der Waals surface area contributed by atoms with E-state index in [9.17, 15) is 0 Å². The van der Waals surface area contributed by atoms with E-state index >= 15 is 0 Å². The average Bonchev–Trinajstić information content (AvgIpc) is 2.48. The van der Waals surface area contributed by atoms with Crippen LogP contribution in [0, 0.1) is 0 Å². The van der Waals surface area contributed by atoms with Crippen LogP contribution in [0.25, 0.3) is 32.3 Å². The largest absolute Gasteiger partial charge is 1.00 e. The minimum atomic E-state index is 0. The molecule has 0 heterocycles. The van der Waals surface area contributed by atoms with Crippen molar-refractivity contribution in [2.75, 3.05) is 0 Å². The molecule has 1 heteroatoms. The van der Waals surface area contributed by atoms with Gasteiger partial charge in [-0.15, -0.1) is 0 Å². The average molecular weight is 268 g/mol. The first-order valence-electron chi connectivity index (χ1n) is 6.23. The van der Waals surface area contributed by atoms with Crippen LogP contribution in [-0.4, -0.2) is 0 Å². The van der Waals surface area contributed by atoms with Gasteiger partial charge >= 0.3 is 51.4 Å². The molecule has 4 aromatic carbocycles. The monoisotopic (exact) mass is 268 g/mol. The van der Waals surface area contributed by atoms with Gasteiger partial charge in [0.15, 0.2) is 0 Å². The van der Waals surface area contributed by atoms with Crippen LogP contribution >= 0.6 is 0 Å². The quantitative estimate of drug-likeness (QED) is 0.339. The molecule has 19 heavy (non-hydrogen) atoms. The smallest absolute Gasteiger partial charge is 1.00 e. The first-order chi connectivity index (χ1) is 8.95. The third-order valence-electron chi connectivity index (χ3n) is 3.65. The van der Waals surface area contributed by atoms with Crippen LogP contribution in [0.4, 0.5) is 0 Å². The standard InChI is InChI=1S/C18H12.K.H/c1-2-8-14-13(7-1)15-9-3-4-11-17(15)18-12-6-5-10-16(14)18;;/h1-12H;;/q;+1;-1. The molecule has 0 fully saturated rings. The van der Waals surface area contributed by atoms with Gasteiger partial charge in [-0.1, -0.05) is 72.8 Å². The second-order valence-electron chi connectivity index (χ2n) is 4.64. The van der Waals surface area contributed by atoms with Crippen molar-refractivity contribution in [3.05, 3.63) is 72.8 Å². The zero-order chi connectivity index (χ0) is 11.9. The van der Waals surface area contributed by atoms with Crippen molar-refractivity contribution < 1.29 is 52.8 Å². The van der Waals surface area contributed by atoms with E-state index in [1.807, 2.05) is 0 Å². The zero-order valence-electron chi connectivity index (χ0n) is 11.9. The molecular weight excluding hydrogens is 255 g/mol. The fourth-order valence-corrected chi connectivity index (χ4v) is 2.86. The zero-order valence-corrected chi connectivity index (χ0v) is 14.1. The molecule has 0 radical (unpaired) electrons. The number of hydrogen-bond donors (Lipinski definition) is 0. The summed E-state index contributed by atoms with van der Waals surface area (Å²) in [5.41, 5.74) is 0. The molecule has 0 saturated heterocycles. The molecule has 0 aromatic heterocycles. The maximum Gasteiger partial charge on any atom is 1.00 e. The second kappa shape index (κ2) is 5.35. The number of benzene rings is 4. The van der Waals surface area contributed by atoms with Crippen molar-refractivity contribution >= 4 is 32.3 Å². The Morgan fingerprint density at radius 1 is 0.368 bits per heavy atom. The van der Waals surface area contributed by atoms with Crippen molar-refractivity contribution in [2.24, 2.45) is 0 Å². The maximum absolute atomic E-state index is 2.21. The van der Waals surface area contributed by atoms with Crippen molar-refractivity contribution in [2.45, 2.75) is 0 Å². The molecular formula is C18H13K. The van der Waals surface area contributed by atoms with Crippen molar-refractivity contribution in [3.8, 4) is 0 Å². The first kappa shape index (κ1) is 13.3. The Balaban J connectivity index is 0.000000735. The molecule has 0 nitrogen and oxygen atoms in total. The number of fused-ring (bicyclic) bond motifs is 6. The minimum absolute atomic E-state index is 0. The summed E-state index contributed by atoms with van der Waals surface area (Å²) in [7, 11) is 0. The molecule has 0 aliphatic carbocycles. The fourth-order valence-electron chi connectivity index (χ4n) is 2.86. The van der Waals surface area contributed by atoms with Gasteiger partial charge in [-0.25, -0.2) is 0 Å². The van der Waals surface area contributed by atoms with Gasteiger partial charge in [0.1, 0.15) is 0 Å². The van der Waals surface area contributed by atoms with Crippen molar-refractivity contribution in [1.82, 2.24) is 0 Å². The topological polar surface area (TPSA) is 0 Å². The van der Waals surface area contributed by atoms with Gasteiger partial charge < -0.3 is 1.43 Å². The minimum Gasteiger partial charge on any atom is -1.00 e. The van der Waals surface area contributed by atoms with Gasteiger partial charge in [0.05, 0.1) is 0 Å². The molecule has 0 aliphatic rings. The molecule has 0 atom stereocenters. The van der Waals surface area contributed by atoms with E-state index in [1.165, 1.54) is 32.3 Å². The van der Waals surface area contributed by atoms with E-state index in [0.29, 0.717) is 0 Å². The maximum atomic E-state index is 2.21. The van der Waals surface area contributed by atoms with Crippen LogP contribution in [0.5, 0.6) is 0 Å². The Bertz CT molecular complexity index is 663. The predicted octanol–water partition coefficient (Wildman–Crippen LogP) is 2.26. The molecule has 0 unspecified atom stereocenters. The predicted molar refractivity (Wildman–Crippen MR) is 80.1 cm³/mol. The van der Waals surface area contributed by atoms with Crippen molar-refractivity contribution in [1.29, 1.82) is 0 Å². The Kier molecular flexibility index (Phi) is 3.74. The van der Waals surface area contributed by atoms with Crippen LogP contribution in [0.2, 0.25) is 0 Å². The van der Waals surface area contributed by atoms with Crippen LogP contribution in [-0.2, 0) is 0 Å². The van der Waals surface area contributed by atoms with E-state index in [2.05, 4.69) is 72.8 Å². The van der Waals surface area contributed by atoms with Gasteiger partial charge in [-0.2, -0.15) is 0 Å². The van der Waals surface area contributed by atoms with E-state index in [4.69, 9.17) is 0 Å². The molecule has 4 rings (SSSR count). The summed E-state index contributed by atoms with van der Waals surface area (Å²) in [6.07, 6.45) is 0. The van der Waals surface area contributed by atoms with Gasteiger partial charge in [0.25, 0.3) is 0 Å². The molecule has 0 spiro atoms. The Morgan fingerprint density at radius 3 is 0.684 bits per heavy atom. The molecule has 4 aromatic rings. The third kappa shape index (κ3) is 2.06. The summed E-state index contributed by atoms with van der Waals surface area (Å²) in [4.78, 5) is 0. The van der Waals surface area contributed by atoms with Crippen molar-refractivity contribution in [3.63, 3.8) is 0 Å². The summed E-state index contributed by atoms with van der Waals surface area (Å²) >= 11 is 0. The Hall–Kier alpha value is -0.704. The van der Waals surface area contributed by atoms with Gasteiger partial charge in [0.2, 0.25) is 0 Å². The fraction of sp³-hybridized carbons (Fsp3) is 0. The first-order valence-corrected chi connectivity index (χ1v) is 6.23. The van der Waals surface area contributed by atoms with Gasteiger partial charge in [-0.05, 0) is 32.3 Å². The SMILES string of the molecule is [H-].[K+].c1ccc2c(c1)c1ccccc1c1ccccc21. The number of hydrogen-bond acceptors (Lipinski definition) is 0. The molecule has 0 amide bonds. The molecule has 0 N–H and O–H groups in total. The van der Waals surface area contributed by atoms with Crippen LogP contribution in [0.15, 0.2) is 72.8 Å². The Morgan fingerprint density at radius 2 is 0.526 bits per heavy atom. The molecule has 0 aliphatic heterocycles. The number of rotatable bonds is 0. The van der Waals surface area contributed by atoms with E-state index < -0.39 is 0 Å². The molecule has 86 valence electrons. The van der Waals surface area contributed by atoms with E-state index in [-0.39, 0.29) is 52.8 Å². The van der Waals surface area contributed by atoms with Gasteiger partial charge in [-0.3, -0.25) is 0 Å². The van der Waals surface area contributed by atoms with E-state index in [0.717, 1.165) is 0 Å². The molecule has 0 bridgehead atoms. The van der Waals surface area contributed by atoms with Crippen LogP contribution in [0.1, 0.15) is 1.43 Å². The second-order valence-corrected chi connectivity index (χ2v) is 4.64. The van der Waals surface area contributed by atoms with Gasteiger partial charge in [0, 0.05) is 0 Å². The third-order valence-corrected chi connectivity index (χ3v) is 3.65. The summed E-state index contributed by atoms with van der Waals surface area (Å²) in [5, 5.41) is 8.04.